The minimum atomic E-state index is -3.59. The first-order valence-electron chi connectivity index (χ1n) is 7.87. The molecule has 0 aromatic rings. The smallest absolute Gasteiger partial charge is 0.322 e. The Bertz CT molecular complexity index is 454. The first-order valence-corrected chi connectivity index (χ1v) is 9.48. The molecule has 2 aliphatic rings. The molecule has 2 heterocycles. The van der Waals surface area contributed by atoms with E-state index in [1.807, 2.05) is 6.92 Å². The largest absolute Gasteiger partial charge is 0.465 e. The van der Waals surface area contributed by atoms with Crippen LogP contribution in [0.15, 0.2) is 0 Å². The molecule has 0 amide bonds. The lowest BCUT2D eigenvalue weighted by Gasteiger charge is -2.36. The summed E-state index contributed by atoms with van der Waals surface area (Å²) in [6, 6.07) is 0.861. The lowest BCUT2D eigenvalue weighted by molar-refractivity contribution is -0.140. The van der Waals surface area contributed by atoms with Crippen molar-refractivity contribution in [1.82, 2.24) is 9.62 Å². The van der Waals surface area contributed by atoms with Gasteiger partial charge in [-0.05, 0) is 39.0 Å². The normalized spacial score (nSPS) is 28.8. The van der Waals surface area contributed by atoms with Crippen molar-refractivity contribution in [1.29, 1.82) is 0 Å². The second-order valence-corrected chi connectivity index (χ2v) is 7.86. The van der Waals surface area contributed by atoms with Gasteiger partial charge in [0.05, 0.1) is 6.61 Å². The summed E-state index contributed by atoms with van der Waals surface area (Å²) >= 11 is 0. The van der Waals surface area contributed by atoms with Gasteiger partial charge >= 0.3 is 5.97 Å². The van der Waals surface area contributed by atoms with Crippen molar-refractivity contribution in [2.45, 2.75) is 64.1 Å². The average Bonchev–Trinajstić information content (AvgIpc) is 2.74. The van der Waals surface area contributed by atoms with Gasteiger partial charge in [-0.2, -0.15) is 4.31 Å². The zero-order valence-electron chi connectivity index (χ0n) is 12.9. The molecular formula is C14H26N2O4S. The predicted molar refractivity (Wildman–Crippen MR) is 80.4 cm³/mol. The third kappa shape index (κ3) is 4.17. The zero-order valence-corrected chi connectivity index (χ0v) is 13.7. The highest BCUT2D eigenvalue weighted by molar-refractivity contribution is 7.89. The van der Waals surface area contributed by atoms with Gasteiger partial charge in [0.2, 0.25) is 10.0 Å². The van der Waals surface area contributed by atoms with Gasteiger partial charge in [-0.15, -0.1) is 0 Å². The second kappa shape index (κ2) is 7.07. The summed E-state index contributed by atoms with van der Waals surface area (Å²) in [5.74, 6) is -1.20. The topological polar surface area (TPSA) is 75.7 Å². The Morgan fingerprint density at radius 2 is 1.86 bits per heavy atom. The van der Waals surface area contributed by atoms with Crippen molar-refractivity contribution in [3.05, 3.63) is 0 Å². The number of esters is 1. The van der Waals surface area contributed by atoms with E-state index in [2.05, 4.69) is 5.32 Å². The molecule has 21 heavy (non-hydrogen) atoms. The number of carbonyl (C=O) groups excluding carboxylic acids is 1. The molecule has 0 radical (unpaired) electrons. The summed E-state index contributed by atoms with van der Waals surface area (Å²) < 4.78 is 31.4. The third-order valence-corrected chi connectivity index (χ3v) is 6.06. The fourth-order valence-corrected chi connectivity index (χ4v) is 5.10. The Kier molecular flexibility index (Phi) is 5.62. The number of rotatable bonds is 7. The van der Waals surface area contributed by atoms with Crippen LogP contribution in [0, 0.1) is 0 Å². The maximum Gasteiger partial charge on any atom is 0.322 e. The highest BCUT2D eigenvalue weighted by Crippen LogP contribution is 2.31. The van der Waals surface area contributed by atoms with Gasteiger partial charge in [0, 0.05) is 24.7 Å². The van der Waals surface area contributed by atoms with Crippen LogP contribution >= 0.6 is 0 Å². The number of hydrogen-bond acceptors (Lipinski definition) is 5. The van der Waals surface area contributed by atoms with Crippen molar-refractivity contribution >= 4 is 16.0 Å². The van der Waals surface area contributed by atoms with E-state index in [0.717, 1.165) is 32.1 Å². The number of ether oxygens (including phenoxy) is 1. The van der Waals surface area contributed by atoms with E-state index < -0.39 is 21.7 Å². The molecular weight excluding hydrogens is 292 g/mol. The van der Waals surface area contributed by atoms with Crippen molar-refractivity contribution in [3.63, 3.8) is 0 Å². The molecule has 0 aromatic carbocycles. The van der Waals surface area contributed by atoms with Gasteiger partial charge in [0.25, 0.3) is 0 Å². The van der Waals surface area contributed by atoms with Gasteiger partial charge in [-0.1, -0.05) is 6.92 Å². The van der Waals surface area contributed by atoms with Crippen molar-refractivity contribution in [2.75, 3.05) is 18.9 Å². The predicted octanol–water partition coefficient (Wildman–Crippen LogP) is 0.874. The van der Waals surface area contributed by atoms with Gasteiger partial charge in [-0.3, -0.25) is 4.79 Å². The van der Waals surface area contributed by atoms with Crippen LogP contribution in [-0.2, 0) is 19.6 Å². The van der Waals surface area contributed by atoms with Crippen LogP contribution in [0.2, 0.25) is 0 Å². The van der Waals surface area contributed by atoms with E-state index in [4.69, 9.17) is 4.74 Å². The number of hydrogen-bond donors (Lipinski definition) is 1. The molecule has 0 aromatic heterocycles. The van der Waals surface area contributed by atoms with Crippen LogP contribution in [-0.4, -0.2) is 55.7 Å². The minimum absolute atomic E-state index is 0.0168. The quantitative estimate of drug-likeness (QED) is 0.705. The van der Waals surface area contributed by atoms with Crippen LogP contribution in [0.4, 0.5) is 0 Å². The molecule has 2 bridgehead atoms. The Hall–Kier alpha value is -0.660. The average molecular weight is 318 g/mol. The summed E-state index contributed by atoms with van der Waals surface area (Å²) in [4.78, 5) is 11.6. The summed E-state index contributed by atoms with van der Waals surface area (Å²) in [5, 5.41) is 3.52. The minimum Gasteiger partial charge on any atom is -0.465 e. The zero-order chi connectivity index (χ0) is 15.5. The third-order valence-electron chi connectivity index (χ3n) is 4.26. The molecule has 2 atom stereocenters. The molecule has 0 aliphatic carbocycles. The van der Waals surface area contributed by atoms with Gasteiger partial charge in [0.1, 0.15) is 0 Å². The number of nitrogens with zero attached hydrogens (tertiary/aromatic N) is 1. The van der Waals surface area contributed by atoms with Crippen molar-refractivity contribution < 1.29 is 17.9 Å². The molecule has 0 spiro atoms. The van der Waals surface area contributed by atoms with Crippen molar-refractivity contribution in [2.24, 2.45) is 0 Å². The van der Waals surface area contributed by atoms with E-state index in [9.17, 15) is 13.2 Å². The molecule has 2 saturated heterocycles. The summed E-state index contributed by atoms with van der Waals surface area (Å²) in [6.45, 7) is 4.33. The maximum absolute atomic E-state index is 12.5. The van der Waals surface area contributed by atoms with Gasteiger partial charge in [-0.25, -0.2) is 8.42 Å². The number of carbonyl (C=O) groups is 1. The highest BCUT2D eigenvalue weighted by atomic mass is 32.2. The highest BCUT2D eigenvalue weighted by Gasteiger charge is 2.40. The number of nitrogens with one attached hydrogen (secondary N) is 1. The molecule has 6 nitrogen and oxygen atoms in total. The molecule has 122 valence electrons. The Morgan fingerprint density at radius 1 is 1.24 bits per heavy atom. The van der Waals surface area contributed by atoms with E-state index in [1.54, 1.807) is 11.2 Å². The SMILES string of the molecule is CCCN(C1CC2CCC(C1)N2)S(=O)(=O)CC(=O)OCC. The van der Waals surface area contributed by atoms with Gasteiger partial charge in [0.15, 0.2) is 5.75 Å². The standard InChI is InChI=1S/C14H26N2O4S/c1-3-7-16(21(18,19)10-14(17)20-4-2)13-8-11-5-6-12(9-13)15-11/h11-13,15H,3-10H2,1-2H3. The number of sulfonamides is 1. The molecule has 7 heteroatoms. The summed E-state index contributed by atoms with van der Waals surface area (Å²) in [5.41, 5.74) is 0. The van der Waals surface area contributed by atoms with Crippen LogP contribution in [0.3, 0.4) is 0 Å². The van der Waals surface area contributed by atoms with E-state index in [0.29, 0.717) is 18.6 Å². The Morgan fingerprint density at radius 3 is 2.38 bits per heavy atom. The molecule has 2 unspecified atom stereocenters. The van der Waals surface area contributed by atoms with Crippen LogP contribution in [0.1, 0.15) is 46.0 Å². The van der Waals surface area contributed by atoms with Crippen molar-refractivity contribution in [3.8, 4) is 0 Å². The molecule has 0 saturated carbocycles. The Labute approximate surface area is 127 Å². The summed E-state index contributed by atoms with van der Waals surface area (Å²) in [7, 11) is -3.59. The Balaban J connectivity index is 2.08. The van der Waals surface area contributed by atoms with Gasteiger partial charge < -0.3 is 10.1 Å². The molecule has 2 rings (SSSR count). The first-order chi connectivity index (χ1) is 9.96. The summed E-state index contributed by atoms with van der Waals surface area (Å²) in [6.07, 6.45) is 4.69. The fourth-order valence-electron chi connectivity index (χ4n) is 3.47. The lowest BCUT2D eigenvalue weighted by Crippen LogP contribution is -2.51. The number of piperidine rings is 1. The molecule has 1 N–H and O–H groups in total. The fraction of sp³-hybridized carbons (Fsp3) is 0.929. The van der Waals surface area contributed by atoms with E-state index in [-0.39, 0.29) is 12.6 Å². The second-order valence-electron chi connectivity index (χ2n) is 5.94. The van der Waals surface area contributed by atoms with Crippen LogP contribution in [0.25, 0.3) is 0 Å². The maximum atomic E-state index is 12.5. The van der Waals surface area contributed by atoms with E-state index >= 15 is 0 Å². The number of fused-ring (bicyclic) bond motifs is 2. The van der Waals surface area contributed by atoms with Crippen LogP contribution < -0.4 is 5.32 Å². The van der Waals surface area contributed by atoms with E-state index in [1.165, 1.54) is 0 Å². The molecule has 2 fully saturated rings. The molecule has 2 aliphatic heterocycles. The van der Waals surface area contributed by atoms with Crippen LogP contribution in [0.5, 0.6) is 0 Å². The lowest BCUT2D eigenvalue weighted by atomic mass is 10.00. The first kappa shape index (κ1) is 16.7. The monoisotopic (exact) mass is 318 g/mol.